The van der Waals surface area contributed by atoms with Gasteiger partial charge in [-0.1, -0.05) is 46.3 Å². The van der Waals surface area contributed by atoms with E-state index in [4.69, 9.17) is 4.74 Å². The van der Waals surface area contributed by atoms with Gasteiger partial charge in [0, 0.05) is 10.4 Å². The van der Waals surface area contributed by atoms with Gasteiger partial charge in [0.25, 0.3) is 0 Å². The van der Waals surface area contributed by atoms with Gasteiger partial charge in [0.05, 0.1) is 0 Å². The molecule has 110 valence electrons. The number of piperidine rings is 1. The van der Waals surface area contributed by atoms with Gasteiger partial charge in [0.1, 0.15) is 11.9 Å². The Bertz CT molecular complexity index is 549. The molecule has 0 bridgehead atoms. The third-order valence-corrected chi connectivity index (χ3v) is 4.55. The van der Waals surface area contributed by atoms with Crippen LogP contribution in [0, 0.1) is 5.92 Å². The Morgan fingerprint density at radius 2 is 1.62 bits per heavy atom. The zero-order chi connectivity index (χ0) is 14.5. The Kier molecular flexibility index (Phi) is 4.94. The van der Waals surface area contributed by atoms with E-state index in [0.29, 0.717) is 5.92 Å². The van der Waals surface area contributed by atoms with Crippen molar-refractivity contribution in [3.63, 3.8) is 0 Å². The van der Waals surface area contributed by atoms with Gasteiger partial charge in [-0.05, 0) is 55.8 Å². The molecular weight excluding hydrogens is 326 g/mol. The predicted molar refractivity (Wildman–Crippen MR) is 89.5 cm³/mol. The number of rotatable bonds is 4. The quantitative estimate of drug-likeness (QED) is 0.876. The Morgan fingerprint density at radius 1 is 0.952 bits per heavy atom. The number of halogens is 1. The molecule has 3 rings (SSSR count). The maximum absolute atomic E-state index is 6.35. The summed E-state index contributed by atoms with van der Waals surface area (Å²) in [5, 5.41) is 3.43. The molecule has 2 nitrogen and oxygen atoms in total. The van der Waals surface area contributed by atoms with Crippen LogP contribution in [-0.4, -0.2) is 13.1 Å². The second-order valence-electron chi connectivity index (χ2n) is 5.49. The maximum Gasteiger partial charge on any atom is 0.127 e. The molecule has 3 heteroatoms. The summed E-state index contributed by atoms with van der Waals surface area (Å²) in [7, 11) is 0. The molecule has 1 atom stereocenters. The molecule has 0 unspecified atom stereocenters. The third kappa shape index (κ3) is 3.86. The molecule has 1 N–H and O–H groups in total. The van der Waals surface area contributed by atoms with Gasteiger partial charge >= 0.3 is 0 Å². The van der Waals surface area contributed by atoms with Crippen molar-refractivity contribution in [3.8, 4) is 5.75 Å². The van der Waals surface area contributed by atoms with Gasteiger partial charge in [-0.15, -0.1) is 0 Å². The number of ether oxygens (including phenoxy) is 1. The maximum atomic E-state index is 6.35. The summed E-state index contributed by atoms with van der Waals surface area (Å²) in [6.45, 7) is 2.16. The van der Waals surface area contributed by atoms with Crippen molar-refractivity contribution >= 4 is 15.9 Å². The van der Waals surface area contributed by atoms with Crippen LogP contribution >= 0.6 is 15.9 Å². The van der Waals surface area contributed by atoms with E-state index in [-0.39, 0.29) is 6.10 Å². The monoisotopic (exact) mass is 345 g/mol. The molecule has 0 aromatic heterocycles. The first-order valence-electron chi connectivity index (χ1n) is 7.51. The Morgan fingerprint density at radius 3 is 2.29 bits per heavy atom. The van der Waals surface area contributed by atoms with Crippen molar-refractivity contribution in [1.29, 1.82) is 0 Å². The SMILES string of the molecule is Brc1ccc(O[C@H](c2ccccc2)C2CCNCC2)cc1. The van der Waals surface area contributed by atoms with Crippen LogP contribution in [0.25, 0.3) is 0 Å². The lowest BCUT2D eigenvalue weighted by atomic mass is 9.88. The second-order valence-corrected chi connectivity index (χ2v) is 6.41. The fourth-order valence-electron chi connectivity index (χ4n) is 2.89. The lowest BCUT2D eigenvalue weighted by Crippen LogP contribution is -2.32. The van der Waals surface area contributed by atoms with Crippen LogP contribution in [-0.2, 0) is 0 Å². The van der Waals surface area contributed by atoms with Gasteiger partial charge in [0.2, 0.25) is 0 Å². The normalized spacial score (nSPS) is 17.4. The molecule has 1 aliphatic heterocycles. The van der Waals surface area contributed by atoms with E-state index >= 15 is 0 Å². The van der Waals surface area contributed by atoms with Gasteiger partial charge in [-0.25, -0.2) is 0 Å². The zero-order valence-electron chi connectivity index (χ0n) is 12.0. The molecule has 0 saturated carbocycles. The number of nitrogens with one attached hydrogen (secondary N) is 1. The summed E-state index contributed by atoms with van der Waals surface area (Å²) < 4.78 is 7.42. The van der Waals surface area contributed by atoms with E-state index in [2.05, 4.69) is 51.6 Å². The van der Waals surface area contributed by atoms with Crippen LogP contribution in [0.1, 0.15) is 24.5 Å². The van der Waals surface area contributed by atoms with Crippen molar-refractivity contribution < 1.29 is 4.74 Å². The van der Waals surface area contributed by atoms with E-state index < -0.39 is 0 Å². The Labute approximate surface area is 134 Å². The summed E-state index contributed by atoms with van der Waals surface area (Å²) in [5.74, 6) is 1.50. The Balaban J connectivity index is 1.83. The first-order chi connectivity index (χ1) is 10.3. The van der Waals surface area contributed by atoms with E-state index in [1.807, 2.05) is 24.3 Å². The fraction of sp³-hybridized carbons (Fsp3) is 0.333. The van der Waals surface area contributed by atoms with Crippen LogP contribution in [0.15, 0.2) is 59.1 Å². The van der Waals surface area contributed by atoms with Crippen LogP contribution in [0.5, 0.6) is 5.75 Å². The smallest absolute Gasteiger partial charge is 0.127 e. The summed E-state index contributed by atoms with van der Waals surface area (Å²) in [6.07, 6.45) is 2.46. The summed E-state index contributed by atoms with van der Waals surface area (Å²) in [5.41, 5.74) is 1.27. The largest absolute Gasteiger partial charge is 0.485 e. The van der Waals surface area contributed by atoms with Gasteiger partial charge in [-0.2, -0.15) is 0 Å². The molecule has 2 aromatic carbocycles. The summed E-state index contributed by atoms with van der Waals surface area (Å²) in [4.78, 5) is 0. The highest BCUT2D eigenvalue weighted by Gasteiger charge is 2.26. The van der Waals surface area contributed by atoms with Gasteiger partial charge in [0.15, 0.2) is 0 Å². The number of hydrogen-bond acceptors (Lipinski definition) is 2. The minimum absolute atomic E-state index is 0.134. The zero-order valence-corrected chi connectivity index (χ0v) is 13.6. The molecule has 1 heterocycles. The highest BCUT2D eigenvalue weighted by molar-refractivity contribution is 9.10. The lowest BCUT2D eigenvalue weighted by molar-refractivity contribution is 0.112. The predicted octanol–water partition coefficient (Wildman–Crippen LogP) is 4.57. The minimum atomic E-state index is 0.134. The van der Waals surface area contributed by atoms with Crippen molar-refractivity contribution in [2.45, 2.75) is 18.9 Å². The minimum Gasteiger partial charge on any atom is -0.485 e. The molecule has 1 fully saturated rings. The molecule has 0 aliphatic carbocycles. The van der Waals surface area contributed by atoms with E-state index in [1.165, 1.54) is 5.56 Å². The van der Waals surface area contributed by atoms with E-state index in [1.54, 1.807) is 0 Å². The highest BCUT2D eigenvalue weighted by atomic mass is 79.9. The van der Waals surface area contributed by atoms with Crippen molar-refractivity contribution in [1.82, 2.24) is 5.32 Å². The molecule has 1 aliphatic rings. The topological polar surface area (TPSA) is 21.3 Å². The standard InChI is InChI=1S/C18H20BrNO/c19-16-6-8-17(9-7-16)21-18(14-4-2-1-3-5-14)15-10-12-20-13-11-15/h1-9,15,18,20H,10-13H2/t18-/m1/s1. The van der Waals surface area contributed by atoms with Crippen molar-refractivity contribution in [2.75, 3.05) is 13.1 Å². The molecule has 0 amide bonds. The molecular formula is C18H20BrNO. The number of hydrogen-bond donors (Lipinski definition) is 1. The number of benzene rings is 2. The van der Waals surface area contributed by atoms with E-state index in [0.717, 1.165) is 36.2 Å². The van der Waals surface area contributed by atoms with E-state index in [9.17, 15) is 0 Å². The van der Waals surface area contributed by atoms with Crippen LogP contribution in [0.2, 0.25) is 0 Å². The van der Waals surface area contributed by atoms with Gasteiger partial charge < -0.3 is 10.1 Å². The van der Waals surface area contributed by atoms with Gasteiger partial charge in [-0.3, -0.25) is 0 Å². The molecule has 21 heavy (non-hydrogen) atoms. The fourth-order valence-corrected chi connectivity index (χ4v) is 3.15. The molecule has 0 spiro atoms. The summed E-state index contributed by atoms with van der Waals surface area (Å²) in [6, 6.07) is 18.7. The van der Waals surface area contributed by atoms with Crippen LogP contribution < -0.4 is 10.1 Å². The first-order valence-corrected chi connectivity index (χ1v) is 8.30. The van der Waals surface area contributed by atoms with Crippen LogP contribution in [0.3, 0.4) is 0 Å². The average molecular weight is 346 g/mol. The average Bonchev–Trinajstić information content (AvgIpc) is 2.56. The molecule has 0 radical (unpaired) electrons. The third-order valence-electron chi connectivity index (χ3n) is 4.02. The first kappa shape index (κ1) is 14.6. The molecule has 1 saturated heterocycles. The lowest BCUT2D eigenvalue weighted by Gasteiger charge is -2.31. The Hall–Kier alpha value is -1.32. The van der Waals surface area contributed by atoms with Crippen molar-refractivity contribution in [2.24, 2.45) is 5.92 Å². The van der Waals surface area contributed by atoms with Crippen LogP contribution in [0.4, 0.5) is 0 Å². The summed E-state index contributed by atoms with van der Waals surface area (Å²) >= 11 is 3.47. The van der Waals surface area contributed by atoms with Crippen molar-refractivity contribution in [3.05, 3.63) is 64.6 Å². The second kappa shape index (κ2) is 7.10. The molecule has 2 aromatic rings. The highest BCUT2D eigenvalue weighted by Crippen LogP contribution is 2.33.